The second kappa shape index (κ2) is 6.66. The highest BCUT2D eigenvalue weighted by atomic mass is 16.5. The Hall–Kier alpha value is -1.78. The monoisotopic (exact) mass is 228 g/mol. The second-order valence-electron chi connectivity index (χ2n) is 3.25. The van der Waals surface area contributed by atoms with Crippen molar-refractivity contribution >= 4 is 11.9 Å². The molecule has 0 heterocycles. The second-order valence-corrected chi connectivity index (χ2v) is 3.25. The van der Waals surface area contributed by atoms with E-state index >= 15 is 0 Å². The van der Waals surface area contributed by atoms with Gasteiger partial charge in [-0.3, -0.25) is 0 Å². The van der Waals surface area contributed by atoms with Crippen LogP contribution in [0.25, 0.3) is 0 Å². The van der Waals surface area contributed by atoms with Gasteiger partial charge in [0.15, 0.2) is 0 Å². The molecule has 0 aliphatic rings. The van der Waals surface area contributed by atoms with Gasteiger partial charge in [0.2, 0.25) is 0 Å². The molecule has 0 aliphatic heterocycles. The molecule has 0 aromatic heterocycles. The van der Waals surface area contributed by atoms with Gasteiger partial charge in [0, 0.05) is 0 Å². The van der Waals surface area contributed by atoms with Gasteiger partial charge in [-0.2, -0.15) is 0 Å². The lowest BCUT2D eigenvalue weighted by Gasteiger charge is -2.07. The first-order valence-electron chi connectivity index (χ1n) is 4.91. The van der Waals surface area contributed by atoms with Crippen LogP contribution in [0.4, 0.5) is 0 Å². The van der Waals surface area contributed by atoms with E-state index in [1.807, 2.05) is 6.92 Å². The SMILES string of the molecule is C=C(C(=O)OCCCC)C(O)=C(C)C(=O)O. The molecule has 0 fully saturated rings. The molecule has 0 unspecified atom stereocenters. The van der Waals surface area contributed by atoms with E-state index in [1.165, 1.54) is 6.92 Å². The van der Waals surface area contributed by atoms with Gasteiger partial charge in [0.05, 0.1) is 17.8 Å². The van der Waals surface area contributed by atoms with Gasteiger partial charge in [-0.05, 0) is 13.3 Å². The summed E-state index contributed by atoms with van der Waals surface area (Å²) in [6.45, 7) is 6.64. The Kier molecular flexibility index (Phi) is 5.92. The molecule has 5 heteroatoms. The quantitative estimate of drug-likeness (QED) is 0.238. The molecule has 0 aliphatic carbocycles. The number of esters is 1. The van der Waals surface area contributed by atoms with Crippen LogP contribution >= 0.6 is 0 Å². The number of hydrogen-bond acceptors (Lipinski definition) is 4. The van der Waals surface area contributed by atoms with Crippen molar-refractivity contribution in [3.8, 4) is 0 Å². The standard InChI is InChI=1S/C11H16O5/c1-4-5-6-16-11(15)8(3)9(12)7(2)10(13)14/h12H,3-6H2,1-2H3,(H,13,14). The number of carboxylic acids is 1. The van der Waals surface area contributed by atoms with Crippen molar-refractivity contribution in [1.29, 1.82) is 0 Å². The summed E-state index contributed by atoms with van der Waals surface area (Å²) in [6, 6.07) is 0. The van der Waals surface area contributed by atoms with Crippen molar-refractivity contribution in [2.24, 2.45) is 0 Å². The lowest BCUT2D eigenvalue weighted by atomic mass is 10.1. The third-order valence-electron chi connectivity index (χ3n) is 1.94. The average molecular weight is 228 g/mol. The Morgan fingerprint density at radius 3 is 2.31 bits per heavy atom. The summed E-state index contributed by atoms with van der Waals surface area (Å²) >= 11 is 0. The predicted octanol–water partition coefficient (Wildman–Crippen LogP) is 1.80. The van der Waals surface area contributed by atoms with Crippen molar-refractivity contribution < 1.29 is 24.5 Å². The van der Waals surface area contributed by atoms with Crippen LogP contribution in [0.3, 0.4) is 0 Å². The molecular formula is C11H16O5. The van der Waals surface area contributed by atoms with Crippen LogP contribution in [0, 0.1) is 0 Å². The van der Waals surface area contributed by atoms with Gasteiger partial charge in [0.25, 0.3) is 0 Å². The molecule has 0 aromatic rings. The highest BCUT2D eigenvalue weighted by Gasteiger charge is 2.18. The van der Waals surface area contributed by atoms with Crippen LogP contribution in [0.1, 0.15) is 26.7 Å². The first-order valence-corrected chi connectivity index (χ1v) is 4.91. The van der Waals surface area contributed by atoms with Crippen LogP contribution in [0.5, 0.6) is 0 Å². The number of aliphatic hydroxyl groups excluding tert-OH is 1. The largest absolute Gasteiger partial charge is 0.507 e. The highest BCUT2D eigenvalue weighted by Crippen LogP contribution is 2.12. The molecular weight excluding hydrogens is 212 g/mol. The van der Waals surface area contributed by atoms with Crippen LogP contribution in [-0.2, 0) is 14.3 Å². The van der Waals surface area contributed by atoms with E-state index in [9.17, 15) is 14.7 Å². The zero-order valence-electron chi connectivity index (χ0n) is 9.45. The zero-order valence-corrected chi connectivity index (χ0v) is 9.45. The molecule has 0 aromatic carbocycles. The maximum Gasteiger partial charge on any atom is 0.341 e. The fraction of sp³-hybridized carbons (Fsp3) is 0.455. The summed E-state index contributed by atoms with van der Waals surface area (Å²) in [4.78, 5) is 21.8. The molecule has 0 amide bonds. The fourth-order valence-corrected chi connectivity index (χ4v) is 0.821. The van der Waals surface area contributed by atoms with E-state index < -0.39 is 17.7 Å². The van der Waals surface area contributed by atoms with Gasteiger partial charge >= 0.3 is 11.9 Å². The number of aliphatic hydroxyl groups is 1. The molecule has 0 saturated carbocycles. The Bertz CT molecular complexity index is 327. The average Bonchev–Trinajstić information content (AvgIpc) is 2.26. The number of carbonyl (C=O) groups is 2. The number of carbonyl (C=O) groups excluding carboxylic acids is 1. The van der Waals surface area contributed by atoms with Crippen LogP contribution in [-0.4, -0.2) is 28.8 Å². The summed E-state index contributed by atoms with van der Waals surface area (Å²) in [5.41, 5.74) is -0.673. The first kappa shape index (κ1) is 14.2. The highest BCUT2D eigenvalue weighted by molar-refractivity contribution is 5.96. The molecule has 0 atom stereocenters. The number of rotatable bonds is 6. The van der Waals surface area contributed by atoms with E-state index in [-0.39, 0.29) is 17.8 Å². The Labute approximate surface area is 94.0 Å². The van der Waals surface area contributed by atoms with Crippen molar-refractivity contribution in [1.82, 2.24) is 0 Å². The minimum Gasteiger partial charge on any atom is -0.507 e. The summed E-state index contributed by atoms with van der Waals surface area (Å²) in [7, 11) is 0. The first-order chi connectivity index (χ1) is 7.41. The number of ether oxygens (including phenoxy) is 1. The maximum absolute atomic E-state index is 11.3. The van der Waals surface area contributed by atoms with Gasteiger partial charge in [-0.25, -0.2) is 9.59 Å². The van der Waals surface area contributed by atoms with Crippen molar-refractivity contribution in [3.63, 3.8) is 0 Å². The van der Waals surface area contributed by atoms with Crippen molar-refractivity contribution in [2.45, 2.75) is 26.7 Å². The van der Waals surface area contributed by atoms with Crippen LogP contribution in [0.15, 0.2) is 23.5 Å². The predicted molar refractivity (Wildman–Crippen MR) is 58.0 cm³/mol. The minimum atomic E-state index is -1.31. The molecule has 90 valence electrons. The lowest BCUT2D eigenvalue weighted by molar-refractivity contribution is -0.139. The Morgan fingerprint density at radius 1 is 1.31 bits per heavy atom. The van der Waals surface area contributed by atoms with E-state index in [1.54, 1.807) is 0 Å². The summed E-state index contributed by atoms with van der Waals surface area (Å²) in [6.07, 6.45) is 1.58. The van der Waals surface area contributed by atoms with Gasteiger partial charge in [-0.1, -0.05) is 19.9 Å². The van der Waals surface area contributed by atoms with E-state index in [4.69, 9.17) is 9.84 Å². The lowest BCUT2D eigenvalue weighted by Crippen LogP contribution is -2.12. The summed E-state index contributed by atoms with van der Waals surface area (Å²) in [5, 5.41) is 18.0. The summed E-state index contributed by atoms with van der Waals surface area (Å²) < 4.78 is 4.77. The number of carboxylic acid groups (broad SMARTS) is 1. The Morgan fingerprint density at radius 2 is 1.88 bits per heavy atom. The normalized spacial score (nSPS) is 11.6. The van der Waals surface area contributed by atoms with E-state index in [0.717, 1.165) is 6.42 Å². The fourth-order valence-electron chi connectivity index (χ4n) is 0.821. The molecule has 5 nitrogen and oxygen atoms in total. The molecule has 0 rings (SSSR count). The Balaban J connectivity index is 4.50. The van der Waals surface area contributed by atoms with E-state index in [2.05, 4.69) is 6.58 Å². The van der Waals surface area contributed by atoms with Gasteiger partial charge in [0.1, 0.15) is 5.76 Å². The third-order valence-corrected chi connectivity index (χ3v) is 1.94. The number of aliphatic carboxylic acids is 1. The zero-order chi connectivity index (χ0) is 12.7. The third kappa shape index (κ3) is 4.16. The summed E-state index contributed by atoms with van der Waals surface area (Å²) in [5.74, 6) is -2.75. The molecule has 0 radical (unpaired) electrons. The maximum atomic E-state index is 11.3. The minimum absolute atomic E-state index is 0.230. The molecule has 0 bridgehead atoms. The van der Waals surface area contributed by atoms with E-state index in [0.29, 0.717) is 6.42 Å². The molecule has 16 heavy (non-hydrogen) atoms. The molecule has 2 N–H and O–H groups in total. The van der Waals surface area contributed by atoms with Gasteiger partial charge in [-0.15, -0.1) is 0 Å². The molecule has 0 saturated heterocycles. The van der Waals surface area contributed by atoms with Crippen LogP contribution in [0.2, 0.25) is 0 Å². The van der Waals surface area contributed by atoms with Crippen molar-refractivity contribution in [2.75, 3.05) is 6.61 Å². The van der Waals surface area contributed by atoms with Gasteiger partial charge < -0.3 is 14.9 Å². The van der Waals surface area contributed by atoms with Crippen molar-refractivity contribution in [3.05, 3.63) is 23.5 Å². The number of hydrogen-bond donors (Lipinski definition) is 2. The molecule has 0 spiro atoms. The van der Waals surface area contributed by atoms with Crippen LogP contribution < -0.4 is 0 Å². The smallest absolute Gasteiger partial charge is 0.341 e. The topological polar surface area (TPSA) is 83.8 Å². The number of unbranched alkanes of at least 4 members (excludes halogenated alkanes) is 1.